The fourth-order valence-electron chi connectivity index (χ4n) is 3.23. The predicted octanol–water partition coefficient (Wildman–Crippen LogP) is 7.29. The number of rotatable bonds is 7. The van der Waals surface area contributed by atoms with E-state index in [2.05, 4.69) is 50.3 Å². The van der Waals surface area contributed by atoms with Gasteiger partial charge in [-0.3, -0.25) is 0 Å². The molecule has 29 heavy (non-hydrogen) atoms. The van der Waals surface area contributed by atoms with E-state index in [1.54, 1.807) is 24.3 Å². The highest BCUT2D eigenvalue weighted by Gasteiger charge is 2.08. The molecule has 0 saturated carbocycles. The number of carbonyl (C=O) groups excluding carboxylic acids is 1. The summed E-state index contributed by atoms with van der Waals surface area (Å²) >= 11 is 0. The predicted molar refractivity (Wildman–Crippen MR) is 121 cm³/mol. The first-order valence-electron chi connectivity index (χ1n) is 10.2. The molecular formula is C27H28O2. The third kappa shape index (κ3) is 5.92. The summed E-state index contributed by atoms with van der Waals surface area (Å²) in [5, 5.41) is 0. The molecule has 0 spiro atoms. The van der Waals surface area contributed by atoms with Crippen LogP contribution in [0, 0.1) is 6.92 Å². The van der Waals surface area contributed by atoms with E-state index in [0.717, 1.165) is 11.1 Å². The van der Waals surface area contributed by atoms with E-state index < -0.39 is 0 Å². The SMILES string of the molecule is CCCC(C)c1ccc(/C=C/c2ccc(C(=O)Oc3ccc(C)cc3)cc2)cc1. The molecule has 1 atom stereocenters. The lowest BCUT2D eigenvalue weighted by molar-refractivity contribution is 0.0734. The van der Waals surface area contributed by atoms with Gasteiger partial charge in [0.1, 0.15) is 5.75 Å². The highest BCUT2D eigenvalue weighted by Crippen LogP contribution is 2.21. The van der Waals surface area contributed by atoms with E-state index >= 15 is 0 Å². The fraction of sp³-hybridized carbons (Fsp3) is 0.222. The molecule has 3 aromatic rings. The van der Waals surface area contributed by atoms with Crippen molar-refractivity contribution in [1.29, 1.82) is 0 Å². The molecule has 3 rings (SSSR count). The largest absolute Gasteiger partial charge is 0.423 e. The third-order valence-electron chi connectivity index (χ3n) is 5.07. The second kappa shape index (κ2) is 9.88. The molecule has 3 aromatic carbocycles. The van der Waals surface area contributed by atoms with Gasteiger partial charge in [-0.1, -0.05) is 86.5 Å². The Morgan fingerprint density at radius 2 is 1.41 bits per heavy atom. The van der Waals surface area contributed by atoms with Gasteiger partial charge in [0.2, 0.25) is 0 Å². The van der Waals surface area contributed by atoms with Crippen molar-refractivity contribution >= 4 is 18.1 Å². The maximum absolute atomic E-state index is 12.3. The van der Waals surface area contributed by atoms with Crippen LogP contribution in [0.4, 0.5) is 0 Å². The van der Waals surface area contributed by atoms with Crippen LogP contribution in [0.3, 0.4) is 0 Å². The van der Waals surface area contributed by atoms with E-state index in [0.29, 0.717) is 17.2 Å². The third-order valence-corrected chi connectivity index (χ3v) is 5.07. The lowest BCUT2D eigenvalue weighted by Crippen LogP contribution is -2.08. The Morgan fingerprint density at radius 1 is 0.862 bits per heavy atom. The Bertz CT molecular complexity index is 949. The van der Waals surface area contributed by atoms with Crippen molar-refractivity contribution in [1.82, 2.24) is 0 Å². The van der Waals surface area contributed by atoms with Crippen LogP contribution < -0.4 is 4.74 Å². The molecular weight excluding hydrogens is 356 g/mol. The molecule has 0 amide bonds. The topological polar surface area (TPSA) is 26.3 Å². The van der Waals surface area contributed by atoms with E-state index in [1.165, 1.54) is 24.0 Å². The quantitative estimate of drug-likeness (QED) is 0.243. The molecule has 1 unspecified atom stereocenters. The minimum absolute atomic E-state index is 0.346. The van der Waals surface area contributed by atoms with Crippen molar-refractivity contribution in [2.24, 2.45) is 0 Å². The lowest BCUT2D eigenvalue weighted by Gasteiger charge is -2.10. The monoisotopic (exact) mass is 384 g/mol. The molecule has 0 bridgehead atoms. The van der Waals surface area contributed by atoms with Crippen molar-refractivity contribution < 1.29 is 9.53 Å². The summed E-state index contributed by atoms with van der Waals surface area (Å²) in [6.45, 7) is 6.50. The van der Waals surface area contributed by atoms with Crippen LogP contribution >= 0.6 is 0 Å². The molecule has 0 heterocycles. The molecule has 0 N–H and O–H groups in total. The Balaban J connectivity index is 1.61. The van der Waals surface area contributed by atoms with Gasteiger partial charge in [0, 0.05) is 0 Å². The number of ether oxygens (including phenoxy) is 1. The molecule has 0 saturated heterocycles. The Morgan fingerprint density at radius 3 is 1.97 bits per heavy atom. The molecule has 0 radical (unpaired) electrons. The Labute approximate surface area is 173 Å². The van der Waals surface area contributed by atoms with E-state index in [-0.39, 0.29) is 5.97 Å². The van der Waals surface area contributed by atoms with Crippen LogP contribution in [0.15, 0.2) is 72.8 Å². The fourth-order valence-corrected chi connectivity index (χ4v) is 3.23. The summed E-state index contributed by atoms with van der Waals surface area (Å²) in [6.07, 6.45) is 6.57. The van der Waals surface area contributed by atoms with Gasteiger partial charge in [-0.2, -0.15) is 0 Å². The number of hydrogen-bond donors (Lipinski definition) is 0. The molecule has 0 aliphatic rings. The first-order valence-corrected chi connectivity index (χ1v) is 10.2. The van der Waals surface area contributed by atoms with Gasteiger partial charge in [-0.25, -0.2) is 4.79 Å². The Hall–Kier alpha value is -3.13. The maximum atomic E-state index is 12.3. The maximum Gasteiger partial charge on any atom is 0.343 e. The summed E-state index contributed by atoms with van der Waals surface area (Å²) in [6, 6.07) is 23.7. The van der Waals surface area contributed by atoms with E-state index in [4.69, 9.17) is 4.74 Å². The molecule has 0 aliphatic carbocycles. The first-order chi connectivity index (χ1) is 14.0. The zero-order chi connectivity index (χ0) is 20.6. The van der Waals surface area contributed by atoms with Crippen LogP contribution in [0.1, 0.15) is 65.2 Å². The van der Waals surface area contributed by atoms with Crippen LogP contribution in [0.2, 0.25) is 0 Å². The molecule has 2 heteroatoms. The van der Waals surface area contributed by atoms with Crippen LogP contribution in [0.5, 0.6) is 5.75 Å². The number of benzene rings is 3. The minimum Gasteiger partial charge on any atom is -0.423 e. The number of esters is 1. The highest BCUT2D eigenvalue weighted by atomic mass is 16.5. The van der Waals surface area contributed by atoms with Crippen LogP contribution in [-0.4, -0.2) is 5.97 Å². The average Bonchev–Trinajstić information content (AvgIpc) is 2.75. The van der Waals surface area contributed by atoms with Crippen molar-refractivity contribution in [3.63, 3.8) is 0 Å². The molecule has 0 fully saturated rings. The van der Waals surface area contributed by atoms with Gasteiger partial charge in [-0.15, -0.1) is 0 Å². The lowest BCUT2D eigenvalue weighted by atomic mass is 9.95. The van der Waals surface area contributed by atoms with E-state index in [9.17, 15) is 4.79 Å². The van der Waals surface area contributed by atoms with E-state index in [1.807, 2.05) is 31.2 Å². The Kier molecular flexibility index (Phi) is 7.02. The van der Waals surface area contributed by atoms with Gasteiger partial charge in [0.15, 0.2) is 0 Å². The second-order valence-electron chi connectivity index (χ2n) is 7.51. The zero-order valence-electron chi connectivity index (χ0n) is 17.4. The minimum atomic E-state index is -0.346. The number of aryl methyl sites for hydroxylation is 1. The zero-order valence-corrected chi connectivity index (χ0v) is 17.4. The smallest absolute Gasteiger partial charge is 0.343 e. The van der Waals surface area contributed by atoms with Gasteiger partial charge in [-0.05, 0) is 60.2 Å². The summed E-state index contributed by atoms with van der Waals surface area (Å²) < 4.78 is 5.42. The van der Waals surface area contributed by atoms with Crippen molar-refractivity contribution in [2.75, 3.05) is 0 Å². The molecule has 2 nitrogen and oxygen atoms in total. The van der Waals surface area contributed by atoms with Crippen LogP contribution in [0.25, 0.3) is 12.2 Å². The van der Waals surface area contributed by atoms with Gasteiger partial charge in [0.05, 0.1) is 5.56 Å². The molecule has 0 aliphatic heterocycles. The van der Waals surface area contributed by atoms with Gasteiger partial charge >= 0.3 is 5.97 Å². The normalized spacial score (nSPS) is 12.1. The highest BCUT2D eigenvalue weighted by molar-refractivity contribution is 5.91. The number of hydrogen-bond acceptors (Lipinski definition) is 2. The number of carbonyl (C=O) groups is 1. The van der Waals surface area contributed by atoms with Gasteiger partial charge in [0.25, 0.3) is 0 Å². The standard InChI is InChI=1S/C27H28O2/c1-4-5-21(3)24-14-10-22(11-15-24)8-9-23-12-16-25(17-13-23)27(28)29-26-18-6-20(2)7-19-26/h6-19,21H,4-5H2,1-3H3/b9-8+. The summed E-state index contributed by atoms with van der Waals surface area (Å²) in [7, 11) is 0. The average molecular weight is 385 g/mol. The summed E-state index contributed by atoms with van der Waals surface area (Å²) in [5.74, 6) is 0.813. The van der Waals surface area contributed by atoms with Crippen molar-refractivity contribution in [2.45, 2.75) is 39.5 Å². The van der Waals surface area contributed by atoms with Crippen LogP contribution in [-0.2, 0) is 0 Å². The summed E-state index contributed by atoms with van der Waals surface area (Å²) in [4.78, 5) is 12.3. The second-order valence-corrected chi connectivity index (χ2v) is 7.51. The molecule has 0 aromatic heterocycles. The summed E-state index contributed by atoms with van der Waals surface area (Å²) in [5.41, 5.74) is 5.27. The van der Waals surface area contributed by atoms with Crippen molar-refractivity contribution in [3.05, 3.63) is 101 Å². The van der Waals surface area contributed by atoms with Gasteiger partial charge < -0.3 is 4.74 Å². The first kappa shape index (κ1) is 20.6. The van der Waals surface area contributed by atoms with Crippen molar-refractivity contribution in [3.8, 4) is 5.75 Å². The molecule has 148 valence electrons.